The molecule has 1 fully saturated rings. The quantitative estimate of drug-likeness (QED) is 0.567. The summed E-state index contributed by atoms with van der Waals surface area (Å²) in [6, 6.07) is 2.39. The Balaban J connectivity index is 0.000000356. The number of nitrogens with zero attached hydrogens (tertiary/aromatic N) is 3. The smallest absolute Gasteiger partial charge is 0.156 e. The largest absolute Gasteiger partial charge is 0.396 e. The highest BCUT2D eigenvalue weighted by Gasteiger charge is 2.26. The van der Waals surface area contributed by atoms with E-state index in [1.165, 1.54) is 20.2 Å². The van der Waals surface area contributed by atoms with Crippen LogP contribution >= 0.6 is 11.6 Å². The zero-order chi connectivity index (χ0) is 18.3. The third kappa shape index (κ3) is 6.02. The number of aliphatic hydroxyl groups excluding tert-OH is 1. The minimum Gasteiger partial charge on any atom is -0.396 e. The fraction of sp³-hybridized carbons (Fsp3) is 0.647. The molecule has 2 atom stereocenters. The fourth-order valence-electron chi connectivity index (χ4n) is 2.70. The van der Waals surface area contributed by atoms with E-state index in [2.05, 4.69) is 14.5 Å². The van der Waals surface area contributed by atoms with E-state index in [0.717, 1.165) is 30.3 Å². The highest BCUT2D eigenvalue weighted by molar-refractivity contribution is 6.33. The van der Waals surface area contributed by atoms with Crippen molar-refractivity contribution < 1.29 is 15.3 Å². The molecule has 2 unspecified atom stereocenters. The van der Waals surface area contributed by atoms with Crippen molar-refractivity contribution in [1.29, 1.82) is 0 Å². The summed E-state index contributed by atoms with van der Waals surface area (Å²) in [6.45, 7) is 6.88. The van der Waals surface area contributed by atoms with E-state index >= 15 is 0 Å². The second kappa shape index (κ2) is 9.32. The Morgan fingerprint density at radius 3 is 2.42 bits per heavy atom. The number of fused-ring (bicyclic) bond motifs is 1. The molecular formula is C17H28ClN3O3. The molecule has 0 spiro atoms. The molecule has 1 saturated carbocycles. The molecule has 3 rings (SSSR count). The molecule has 0 amide bonds. The molecule has 1 aliphatic rings. The molecule has 7 heteroatoms. The average Bonchev–Trinajstić information content (AvgIpc) is 3.14. The van der Waals surface area contributed by atoms with Crippen molar-refractivity contribution >= 4 is 22.6 Å². The summed E-state index contributed by atoms with van der Waals surface area (Å²) in [5, 5.41) is 26.7. The first-order valence-corrected chi connectivity index (χ1v) is 8.70. The van der Waals surface area contributed by atoms with E-state index in [1.54, 1.807) is 0 Å². The van der Waals surface area contributed by atoms with Crippen molar-refractivity contribution in [1.82, 2.24) is 14.5 Å². The highest BCUT2D eigenvalue weighted by Crippen LogP contribution is 2.36. The van der Waals surface area contributed by atoms with Gasteiger partial charge in [0.1, 0.15) is 17.1 Å². The Hall–Kier alpha value is -1.21. The van der Waals surface area contributed by atoms with Gasteiger partial charge in [-0.15, -0.1) is 0 Å². The Bertz CT molecular complexity index is 619. The summed E-state index contributed by atoms with van der Waals surface area (Å²) in [4.78, 5) is 8.28. The van der Waals surface area contributed by atoms with Gasteiger partial charge >= 0.3 is 0 Å². The van der Waals surface area contributed by atoms with Crippen molar-refractivity contribution in [3.8, 4) is 0 Å². The summed E-state index contributed by atoms with van der Waals surface area (Å²) < 4.78 is 2.17. The molecule has 0 aliphatic heterocycles. The Morgan fingerprint density at radius 2 is 1.88 bits per heavy atom. The van der Waals surface area contributed by atoms with E-state index in [1.807, 2.05) is 26.1 Å². The molecule has 0 aromatic carbocycles. The highest BCUT2D eigenvalue weighted by atomic mass is 35.5. The molecule has 136 valence electrons. The lowest BCUT2D eigenvalue weighted by Gasteiger charge is -2.13. The van der Waals surface area contributed by atoms with Gasteiger partial charge in [-0.3, -0.25) is 0 Å². The molecule has 2 aromatic rings. The van der Waals surface area contributed by atoms with Gasteiger partial charge in [0, 0.05) is 18.8 Å². The topological polar surface area (TPSA) is 91.4 Å². The molecule has 0 radical (unpaired) electrons. The van der Waals surface area contributed by atoms with Crippen LogP contribution in [0.5, 0.6) is 0 Å². The number of halogens is 1. The summed E-state index contributed by atoms with van der Waals surface area (Å²) in [7, 11) is 0. The Morgan fingerprint density at radius 1 is 1.25 bits per heavy atom. The summed E-state index contributed by atoms with van der Waals surface area (Å²) in [5.74, 6) is -1.07. The van der Waals surface area contributed by atoms with Crippen LogP contribution in [0.4, 0.5) is 0 Å². The number of aliphatic hydroxyl groups is 3. The molecule has 3 N–H and O–H groups in total. The standard InChI is InChI=1S/C12H14ClN3O.C3H8O2.C2H6/c13-11-10-3-4-16(12(10)15-7-14-11)9-2-1-8(5-9)6-17;1-3(2,4)5;1-2/h3-4,7-9,17H,1-2,5-6H2;4-5H,1-2H3;1-2H3. The van der Waals surface area contributed by atoms with Crippen molar-refractivity contribution in [3.63, 3.8) is 0 Å². The molecular weight excluding hydrogens is 330 g/mol. The first-order chi connectivity index (χ1) is 11.3. The lowest BCUT2D eigenvalue weighted by Crippen LogP contribution is -2.15. The van der Waals surface area contributed by atoms with Crippen LogP contribution in [0.25, 0.3) is 11.0 Å². The van der Waals surface area contributed by atoms with E-state index in [4.69, 9.17) is 21.8 Å². The number of hydrogen-bond donors (Lipinski definition) is 3. The maximum atomic E-state index is 9.18. The average molecular weight is 358 g/mol. The normalized spacial score (nSPS) is 20.2. The van der Waals surface area contributed by atoms with Crippen molar-refractivity contribution in [3.05, 3.63) is 23.7 Å². The third-order valence-corrected chi connectivity index (χ3v) is 3.93. The predicted octanol–water partition coefficient (Wildman–Crippen LogP) is 3.15. The lowest BCUT2D eigenvalue weighted by atomic mass is 10.1. The lowest BCUT2D eigenvalue weighted by molar-refractivity contribution is -0.127. The summed E-state index contributed by atoms with van der Waals surface area (Å²) in [6.07, 6.45) is 6.72. The summed E-state index contributed by atoms with van der Waals surface area (Å²) in [5.41, 5.74) is 0.897. The molecule has 6 nitrogen and oxygen atoms in total. The second-order valence-electron chi connectivity index (χ2n) is 6.13. The van der Waals surface area contributed by atoms with Crippen LogP contribution in [0.1, 0.15) is 53.0 Å². The van der Waals surface area contributed by atoms with E-state index in [0.29, 0.717) is 17.1 Å². The van der Waals surface area contributed by atoms with Gasteiger partial charge in [-0.25, -0.2) is 9.97 Å². The zero-order valence-corrected chi connectivity index (χ0v) is 15.5. The van der Waals surface area contributed by atoms with Gasteiger partial charge in [0.25, 0.3) is 0 Å². The van der Waals surface area contributed by atoms with E-state index in [-0.39, 0.29) is 6.61 Å². The maximum Gasteiger partial charge on any atom is 0.156 e. The SMILES string of the molecule is CC.CC(C)(O)O.OCC1CCC(n2ccc3c(Cl)ncnc32)C1. The van der Waals surface area contributed by atoms with E-state index in [9.17, 15) is 5.11 Å². The molecule has 0 saturated heterocycles. The van der Waals surface area contributed by atoms with Crippen LogP contribution < -0.4 is 0 Å². The van der Waals surface area contributed by atoms with Crippen molar-refractivity contribution in [2.24, 2.45) is 5.92 Å². The van der Waals surface area contributed by atoms with E-state index < -0.39 is 5.79 Å². The van der Waals surface area contributed by atoms with Gasteiger partial charge < -0.3 is 19.9 Å². The second-order valence-corrected chi connectivity index (χ2v) is 6.49. The summed E-state index contributed by atoms with van der Waals surface area (Å²) >= 11 is 6.03. The van der Waals surface area contributed by atoms with Gasteiger partial charge in [-0.05, 0) is 45.1 Å². The van der Waals surface area contributed by atoms with Gasteiger partial charge in [0.2, 0.25) is 0 Å². The van der Waals surface area contributed by atoms with Crippen LogP contribution in [0.15, 0.2) is 18.6 Å². The van der Waals surface area contributed by atoms with Gasteiger partial charge in [0.05, 0.1) is 5.39 Å². The molecule has 0 bridgehead atoms. The Labute approximate surface area is 148 Å². The van der Waals surface area contributed by atoms with Crippen molar-refractivity contribution in [2.75, 3.05) is 6.61 Å². The molecule has 24 heavy (non-hydrogen) atoms. The van der Waals surface area contributed by atoms with Gasteiger partial charge in [0.15, 0.2) is 5.79 Å². The predicted molar refractivity (Wildman–Crippen MR) is 95.9 cm³/mol. The van der Waals surface area contributed by atoms with Crippen LogP contribution in [-0.4, -0.2) is 42.2 Å². The fourth-order valence-corrected chi connectivity index (χ4v) is 2.89. The number of rotatable bonds is 2. The molecule has 2 aromatic heterocycles. The van der Waals surface area contributed by atoms with Gasteiger partial charge in [-0.1, -0.05) is 25.4 Å². The van der Waals surface area contributed by atoms with Crippen LogP contribution in [0.2, 0.25) is 5.15 Å². The van der Waals surface area contributed by atoms with Crippen LogP contribution in [0.3, 0.4) is 0 Å². The van der Waals surface area contributed by atoms with Crippen LogP contribution in [0, 0.1) is 5.92 Å². The molecule has 1 aliphatic carbocycles. The monoisotopic (exact) mass is 357 g/mol. The van der Waals surface area contributed by atoms with Crippen molar-refractivity contribution in [2.45, 2.75) is 58.8 Å². The first-order valence-electron chi connectivity index (χ1n) is 8.32. The zero-order valence-electron chi connectivity index (χ0n) is 14.8. The third-order valence-electron chi connectivity index (χ3n) is 3.63. The van der Waals surface area contributed by atoms with Crippen LogP contribution in [-0.2, 0) is 0 Å². The number of aromatic nitrogens is 3. The number of hydrogen-bond acceptors (Lipinski definition) is 5. The molecule has 2 heterocycles. The maximum absolute atomic E-state index is 9.18. The minimum atomic E-state index is -1.50. The first kappa shape index (κ1) is 20.8. The Kier molecular flexibility index (Phi) is 8.09. The van der Waals surface area contributed by atoms with Gasteiger partial charge in [-0.2, -0.15) is 0 Å². The minimum absolute atomic E-state index is 0.283.